The second-order valence-corrected chi connectivity index (χ2v) is 4.97. The third-order valence-corrected chi connectivity index (χ3v) is 3.47. The molecule has 0 radical (unpaired) electrons. The lowest BCUT2D eigenvalue weighted by Crippen LogP contribution is -2.36. The number of aliphatic hydroxyl groups excluding tert-OH is 1. The molecule has 0 aliphatic heterocycles. The van der Waals surface area contributed by atoms with Crippen molar-refractivity contribution in [3.8, 4) is 0 Å². The normalized spacial score (nSPS) is 16.4. The fourth-order valence-electron chi connectivity index (χ4n) is 1.70. The van der Waals surface area contributed by atoms with Crippen molar-refractivity contribution in [3.63, 3.8) is 0 Å². The molecule has 18 heavy (non-hydrogen) atoms. The first-order valence-corrected chi connectivity index (χ1v) is 5.94. The number of aromatic nitrogens is 2. The molecular weight excluding hydrogens is 234 g/mol. The van der Waals surface area contributed by atoms with Crippen LogP contribution >= 0.6 is 0 Å². The molecule has 98 valence electrons. The average Bonchev–Trinajstić information content (AvgIpc) is 3.11. The number of nitrogens with zero attached hydrogens (tertiary/aromatic N) is 1. The van der Waals surface area contributed by atoms with E-state index in [2.05, 4.69) is 15.3 Å². The zero-order valence-corrected chi connectivity index (χ0v) is 10.5. The molecule has 0 saturated heterocycles. The van der Waals surface area contributed by atoms with Gasteiger partial charge >= 0.3 is 0 Å². The highest BCUT2D eigenvalue weighted by Crippen LogP contribution is 2.44. The molecule has 1 amide bonds. The first-order valence-electron chi connectivity index (χ1n) is 5.94. The molecule has 1 aliphatic carbocycles. The Morgan fingerprint density at radius 1 is 1.50 bits per heavy atom. The average molecular weight is 251 g/mol. The molecule has 6 nitrogen and oxygen atoms in total. The van der Waals surface area contributed by atoms with Crippen LogP contribution in [0.25, 0.3) is 0 Å². The number of rotatable bonds is 4. The summed E-state index contributed by atoms with van der Waals surface area (Å²) in [5.41, 5.74) is 0.507. The number of amides is 1. The van der Waals surface area contributed by atoms with Crippen LogP contribution in [-0.2, 0) is 0 Å². The molecule has 1 fully saturated rings. The Morgan fingerprint density at radius 2 is 2.17 bits per heavy atom. The highest BCUT2D eigenvalue weighted by atomic mass is 16.3. The van der Waals surface area contributed by atoms with Crippen LogP contribution in [-0.4, -0.2) is 34.1 Å². The van der Waals surface area contributed by atoms with Gasteiger partial charge in [0.15, 0.2) is 5.69 Å². The van der Waals surface area contributed by atoms with Crippen LogP contribution in [0.15, 0.2) is 4.79 Å². The number of aromatic amines is 1. The number of carbonyl (C=O) groups is 1. The molecule has 1 aromatic heterocycles. The van der Waals surface area contributed by atoms with Gasteiger partial charge in [-0.2, -0.15) is 0 Å². The Hall–Kier alpha value is -1.69. The first kappa shape index (κ1) is 12.8. The van der Waals surface area contributed by atoms with Gasteiger partial charge in [-0.15, -0.1) is 0 Å². The van der Waals surface area contributed by atoms with Crippen LogP contribution in [0, 0.1) is 19.3 Å². The summed E-state index contributed by atoms with van der Waals surface area (Å²) in [6.07, 6.45) is 1.81. The molecule has 0 aromatic carbocycles. The summed E-state index contributed by atoms with van der Waals surface area (Å²) in [6, 6.07) is 0. The Kier molecular flexibility index (Phi) is 3.21. The minimum Gasteiger partial charge on any atom is -0.396 e. The highest BCUT2D eigenvalue weighted by molar-refractivity contribution is 5.91. The lowest BCUT2D eigenvalue weighted by atomic mass is 10.1. The van der Waals surface area contributed by atoms with Crippen molar-refractivity contribution in [1.82, 2.24) is 15.3 Å². The van der Waals surface area contributed by atoms with Gasteiger partial charge in [0.2, 0.25) is 0 Å². The van der Waals surface area contributed by atoms with Crippen molar-refractivity contribution in [2.24, 2.45) is 5.41 Å². The second-order valence-electron chi connectivity index (χ2n) is 4.97. The lowest BCUT2D eigenvalue weighted by molar-refractivity contribution is 0.0928. The summed E-state index contributed by atoms with van der Waals surface area (Å²) in [5, 5.41) is 11.8. The monoisotopic (exact) mass is 251 g/mol. The van der Waals surface area contributed by atoms with E-state index < -0.39 is 11.5 Å². The van der Waals surface area contributed by atoms with E-state index in [0.717, 1.165) is 12.8 Å². The van der Waals surface area contributed by atoms with Crippen LogP contribution in [0.2, 0.25) is 0 Å². The maximum Gasteiger partial charge on any atom is 0.279 e. The highest BCUT2D eigenvalue weighted by Gasteiger charge is 2.42. The molecule has 3 N–H and O–H groups in total. The van der Waals surface area contributed by atoms with E-state index in [1.54, 1.807) is 13.8 Å². The molecule has 1 saturated carbocycles. The molecular formula is C12H17N3O3. The van der Waals surface area contributed by atoms with Crippen molar-refractivity contribution in [2.75, 3.05) is 13.2 Å². The second kappa shape index (κ2) is 4.53. The summed E-state index contributed by atoms with van der Waals surface area (Å²) in [5.74, 6) is -0.487. The van der Waals surface area contributed by atoms with E-state index in [0.29, 0.717) is 17.9 Å². The summed E-state index contributed by atoms with van der Waals surface area (Å²) in [4.78, 5) is 30.0. The van der Waals surface area contributed by atoms with Crippen LogP contribution in [0.4, 0.5) is 0 Å². The standard InChI is InChI=1S/C12H17N3O3/c1-7-8(2)15-11(18)9(14-7)10(17)13-5-12(6-16)3-4-12/h16H,3-6H2,1-2H3,(H,13,17)(H,15,18). The maximum absolute atomic E-state index is 11.8. The van der Waals surface area contributed by atoms with Gasteiger partial charge in [0, 0.05) is 17.7 Å². The van der Waals surface area contributed by atoms with Crippen LogP contribution in [0.3, 0.4) is 0 Å². The largest absolute Gasteiger partial charge is 0.396 e. The zero-order valence-electron chi connectivity index (χ0n) is 10.5. The number of H-pyrrole nitrogens is 1. The van der Waals surface area contributed by atoms with E-state index >= 15 is 0 Å². The zero-order chi connectivity index (χ0) is 13.3. The Morgan fingerprint density at radius 3 is 2.72 bits per heavy atom. The predicted molar refractivity (Wildman–Crippen MR) is 65.4 cm³/mol. The fraction of sp³-hybridized carbons (Fsp3) is 0.583. The van der Waals surface area contributed by atoms with Gasteiger partial charge in [0.1, 0.15) is 0 Å². The Bertz CT molecular complexity index is 532. The lowest BCUT2D eigenvalue weighted by Gasteiger charge is -2.12. The summed E-state index contributed by atoms with van der Waals surface area (Å²) in [6.45, 7) is 3.91. The summed E-state index contributed by atoms with van der Waals surface area (Å²) < 4.78 is 0. The van der Waals surface area contributed by atoms with Gasteiger partial charge in [-0.1, -0.05) is 0 Å². The van der Waals surface area contributed by atoms with Gasteiger partial charge in [-0.05, 0) is 26.7 Å². The number of aliphatic hydroxyl groups is 1. The first-order chi connectivity index (χ1) is 8.47. The van der Waals surface area contributed by atoms with Crippen molar-refractivity contribution < 1.29 is 9.90 Å². The van der Waals surface area contributed by atoms with E-state index in [-0.39, 0.29) is 17.7 Å². The molecule has 1 heterocycles. The van der Waals surface area contributed by atoms with Crippen LogP contribution in [0.5, 0.6) is 0 Å². The van der Waals surface area contributed by atoms with Gasteiger partial charge in [0.25, 0.3) is 11.5 Å². The molecule has 0 bridgehead atoms. The number of hydrogen-bond donors (Lipinski definition) is 3. The van der Waals surface area contributed by atoms with Crippen molar-refractivity contribution in [3.05, 3.63) is 27.4 Å². The maximum atomic E-state index is 11.8. The van der Waals surface area contributed by atoms with Crippen LogP contribution < -0.4 is 10.9 Å². The van der Waals surface area contributed by atoms with E-state index in [4.69, 9.17) is 5.11 Å². The van der Waals surface area contributed by atoms with E-state index in [9.17, 15) is 9.59 Å². The number of hydrogen-bond acceptors (Lipinski definition) is 4. The number of aryl methyl sites for hydroxylation is 2. The van der Waals surface area contributed by atoms with Crippen LogP contribution in [0.1, 0.15) is 34.7 Å². The minimum absolute atomic E-state index is 0.0595. The third kappa shape index (κ3) is 2.43. The van der Waals surface area contributed by atoms with E-state index in [1.807, 2.05) is 0 Å². The van der Waals surface area contributed by atoms with Crippen molar-refractivity contribution in [2.45, 2.75) is 26.7 Å². The summed E-state index contributed by atoms with van der Waals surface area (Å²) >= 11 is 0. The molecule has 1 aliphatic rings. The van der Waals surface area contributed by atoms with Gasteiger partial charge < -0.3 is 15.4 Å². The molecule has 2 rings (SSSR count). The van der Waals surface area contributed by atoms with Gasteiger partial charge in [-0.3, -0.25) is 9.59 Å². The van der Waals surface area contributed by atoms with Crippen molar-refractivity contribution >= 4 is 5.91 Å². The fourth-order valence-corrected chi connectivity index (χ4v) is 1.70. The topological polar surface area (TPSA) is 95.1 Å². The molecule has 0 spiro atoms. The Balaban J connectivity index is 2.09. The van der Waals surface area contributed by atoms with E-state index in [1.165, 1.54) is 0 Å². The number of carbonyl (C=O) groups excluding carboxylic acids is 1. The number of nitrogens with one attached hydrogen (secondary N) is 2. The SMILES string of the molecule is Cc1nc(C(=O)NCC2(CO)CC2)c(=O)[nH]c1C. The smallest absolute Gasteiger partial charge is 0.279 e. The molecule has 1 aromatic rings. The van der Waals surface area contributed by atoms with Gasteiger partial charge in [-0.25, -0.2) is 4.98 Å². The third-order valence-electron chi connectivity index (χ3n) is 3.47. The molecule has 0 unspecified atom stereocenters. The summed E-state index contributed by atoms with van der Waals surface area (Å²) in [7, 11) is 0. The van der Waals surface area contributed by atoms with Gasteiger partial charge in [0.05, 0.1) is 12.3 Å². The quantitative estimate of drug-likeness (QED) is 0.695. The molecule has 0 atom stereocenters. The minimum atomic E-state index is -0.487. The predicted octanol–water partition coefficient (Wildman–Crippen LogP) is -0.111. The Labute approximate surface area is 104 Å². The molecule has 6 heteroatoms. The van der Waals surface area contributed by atoms with Crippen molar-refractivity contribution in [1.29, 1.82) is 0 Å².